The van der Waals surface area contributed by atoms with Gasteiger partial charge in [0.1, 0.15) is 0 Å². The summed E-state index contributed by atoms with van der Waals surface area (Å²) in [5.41, 5.74) is 2.15. The van der Waals surface area contributed by atoms with Gasteiger partial charge in [-0.15, -0.1) is 0 Å². The number of piperidine rings is 1. The largest absolute Gasteiger partial charge is 0.326 e. The second kappa shape index (κ2) is 8.69. The van der Waals surface area contributed by atoms with Crippen molar-refractivity contribution in [1.29, 1.82) is 5.26 Å². The number of hydrogen-bond donors (Lipinski definition) is 1. The SMILES string of the molecule is CCC(C)c1ccccc1NC(=O)C1CCCN(CCC#N)C1. The summed E-state index contributed by atoms with van der Waals surface area (Å²) < 4.78 is 0. The van der Waals surface area contributed by atoms with Gasteiger partial charge in [0.05, 0.1) is 12.0 Å². The number of likely N-dealkylation sites (tertiary alicyclic amines) is 1. The van der Waals surface area contributed by atoms with Crippen molar-refractivity contribution in [2.45, 2.75) is 45.4 Å². The summed E-state index contributed by atoms with van der Waals surface area (Å²) in [4.78, 5) is 14.9. The zero-order valence-electron chi connectivity index (χ0n) is 14.2. The van der Waals surface area contributed by atoms with Gasteiger partial charge in [-0.3, -0.25) is 4.79 Å². The quantitative estimate of drug-likeness (QED) is 0.870. The number of nitrogens with zero attached hydrogens (tertiary/aromatic N) is 2. The molecule has 1 aromatic rings. The van der Waals surface area contributed by atoms with E-state index in [2.05, 4.69) is 36.2 Å². The summed E-state index contributed by atoms with van der Waals surface area (Å²) in [6.45, 7) is 6.88. The van der Waals surface area contributed by atoms with Crippen LogP contribution in [0.25, 0.3) is 0 Å². The Morgan fingerprint density at radius 2 is 2.26 bits per heavy atom. The molecule has 0 aromatic heterocycles. The lowest BCUT2D eigenvalue weighted by Gasteiger charge is -2.31. The van der Waals surface area contributed by atoms with Crippen molar-refractivity contribution in [3.8, 4) is 6.07 Å². The molecule has 1 aliphatic rings. The van der Waals surface area contributed by atoms with Crippen LogP contribution in [0.1, 0.15) is 51.0 Å². The van der Waals surface area contributed by atoms with Gasteiger partial charge in [-0.25, -0.2) is 0 Å². The van der Waals surface area contributed by atoms with E-state index in [-0.39, 0.29) is 11.8 Å². The summed E-state index contributed by atoms with van der Waals surface area (Å²) in [6.07, 6.45) is 3.54. The molecule has 4 nitrogen and oxygen atoms in total. The molecule has 2 unspecified atom stereocenters. The average molecular weight is 313 g/mol. The highest BCUT2D eigenvalue weighted by molar-refractivity contribution is 5.93. The molecule has 1 aromatic carbocycles. The van der Waals surface area contributed by atoms with Crippen molar-refractivity contribution in [2.24, 2.45) is 5.92 Å². The first-order chi connectivity index (χ1) is 11.2. The maximum atomic E-state index is 12.6. The summed E-state index contributed by atoms with van der Waals surface area (Å²) in [5.74, 6) is 0.569. The molecular weight excluding hydrogens is 286 g/mol. The Morgan fingerprint density at radius 3 is 3.00 bits per heavy atom. The van der Waals surface area contributed by atoms with E-state index in [9.17, 15) is 4.79 Å². The van der Waals surface area contributed by atoms with Crippen LogP contribution in [0.3, 0.4) is 0 Å². The van der Waals surface area contributed by atoms with Crippen molar-refractivity contribution >= 4 is 11.6 Å². The van der Waals surface area contributed by atoms with Gasteiger partial charge in [-0.05, 0) is 43.4 Å². The molecule has 1 aliphatic heterocycles. The van der Waals surface area contributed by atoms with Crippen LogP contribution in [0, 0.1) is 17.2 Å². The minimum atomic E-state index is 0.0208. The van der Waals surface area contributed by atoms with Crippen LogP contribution in [-0.2, 0) is 4.79 Å². The minimum absolute atomic E-state index is 0.0208. The number of anilines is 1. The predicted octanol–water partition coefficient (Wildman–Crippen LogP) is 3.76. The number of benzene rings is 1. The number of para-hydroxylation sites is 1. The van der Waals surface area contributed by atoms with E-state index in [1.807, 2.05) is 18.2 Å². The number of amides is 1. The highest BCUT2D eigenvalue weighted by Crippen LogP contribution is 2.27. The second-order valence-electron chi connectivity index (χ2n) is 6.43. The molecule has 1 fully saturated rings. The van der Waals surface area contributed by atoms with Gasteiger partial charge in [0.25, 0.3) is 0 Å². The normalized spacial score (nSPS) is 19.8. The Hall–Kier alpha value is -1.86. The van der Waals surface area contributed by atoms with E-state index in [0.29, 0.717) is 12.3 Å². The maximum absolute atomic E-state index is 12.6. The Morgan fingerprint density at radius 1 is 1.48 bits per heavy atom. The van der Waals surface area contributed by atoms with Gasteiger partial charge in [0, 0.05) is 25.2 Å². The number of hydrogen-bond acceptors (Lipinski definition) is 3. The van der Waals surface area contributed by atoms with Gasteiger partial charge in [0.2, 0.25) is 5.91 Å². The third kappa shape index (κ3) is 4.80. The fourth-order valence-corrected chi connectivity index (χ4v) is 3.18. The predicted molar refractivity (Wildman–Crippen MR) is 93.2 cm³/mol. The molecule has 1 heterocycles. The van der Waals surface area contributed by atoms with Gasteiger partial charge in [0.15, 0.2) is 0 Å². The minimum Gasteiger partial charge on any atom is -0.326 e. The molecule has 2 atom stereocenters. The Labute approximate surface area is 139 Å². The molecular formula is C19H27N3O. The fourth-order valence-electron chi connectivity index (χ4n) is 3.18. The molecule has 0 radical (unpaired) electrons. The Kier molecular flexibility index (Phi) is 6.61. The molecule has 1 N–H and O–H groups in total. The molecule has 4 heteroatoms. The molecule has 0 bridgehead atoms. The average Bonchev–Trinajstić information content (AvgIpc) is 2.60. The molecule has 0 spiro atoms. The molecule has 1 amide bonds. The lowest BCUT2D eigenvalue weighted by molar-refractivity contribution is -0.121. The van der Waals surface area contributed by atoms with Crippen LogP contribution >= 0.6 is 0 Å². The van der Waals surface area contributed by atoms with Crippen LogP contribution in [0.4, 0.5) is 5.69 Å². The topological polar surface area (TPSA) is 56.1 Å². The molecule has 1 saturated heterocycles. The molecule has 0 aliphatic carbocycles. The lowest BCUT2D eigenvalue weighted by Crippen LogP contribution is -2.41. The van der Waals surface area contributed by atoms with E-state index < -0.39 is 0 Å². The molecule has 23 heavy (non-hydrogen) atoms. The van der Waals surface area contributed by atoms with Gasteiger partial charge < -0.3 is 10.2 Å². The zero-order chi connectivity index (χ0) is 16.7. The van der Waals surface area contributed by atoms with E-state index in [1.54, 1.807) is 0 Å². The monoisotopic (exact) mass is 313 g/mol. The van der Waals surface area contributed by atoms with Crippen LogP contribution in [-0.4, -0.2) is 30.4 Å². The third-order valence-corrected chi connectivity index (χ3v) is 4.78. The molecule has 0 saturated carbocycles. The highest BCUT2D eigenvalue weighted by atomic mass is 16.1. The van der Waals surface area contributed by atoms with Gasteiger partial charge in [-0.1, -0.05) is 32.0 Å². The molecule has 124 valence electrons. The standard InChI is InChI=1S/C19H27N3O/c1-3-15(2)17-9-4-5-10-18(17)21-19(23)16-8-6-12-22(14-16)13-7-11-20/h4-5,9-10,15-16H,3,6-8,12-14H2,1-2H3,(H,21,23). The number of nitriles is 1. The highest BCUT2D eigenvalue weighted by Gasteiger charge is 2.26. The smallest absolute Gasteiger partial charge is 0.228 e. The first kappa shape index (κ1) is 17.5. The number of carbonyl (C=O) groups is 1. The Balaban J connectivity index is 2.00. The third-order valence-electron chi connectivity index (χ3n) is 4.78. The summed E-state index contributed by atoms with van der Waals surface area (Å²) in [7, 11) is 0. The van der Waals surface area contributed by atoms with Crippen LogP contribution in [0.2, 0.25) is 0 Å². The molecule has 2 rings (SSSR count). The van der Waals surface area contributed by atoms with Crippen molar-refractivity contribution in [3.63, 3.8) is 0 Å². The van der Waals surface area contributed by atoms with Crippen molar-refractivity contribution < 1.29 is 4.79 Å². The number of carbonyl (C=O) groups excluding carboxylic acids is 1. The van der Waals surface area contributed by atoms with Crippen LogP contribution < -0.4 is 5.32 Å². The summed E-state index contributed by atoms with van der Waals surface area (Å²) in [5, 5.41) is 11.9. The summed E-state index contributed by atoms with van der Waals surface area (Å²) >= 11 is 0. The fraction of sp³-hybridized carbons (Fsp3) is 0.579. The van der Waals surface area contributed by atoms with Crippen LogP contribution in [0.5, 0.6) is 0 Å². The maximum Gasteiger partial charge on any atom is 0.228 e. The van der Waals surface area contributed by atoms with Crippen molar-refractivity contribution in [2.75, 3.05) is 25.0 Å². The first-order valence-corrected chi connectivity index (χ1v) is 8.64. The lowest BCUT2D eigenvalue weighted by atomic mass is 9.94. The van der Waals surface area contributed by atoms with Crippen molar-refractivity contribution in [1.82, 2.24) is 4.90 Å². The van der Waals surface area contributed by atoms with E-state index in [4.69, 9.17) is 5.26 Å². The summed E-state index contributed by atoms with van der Waals surface area (Å²) in [6, 6.07) is 10.3. The van der Waals surface area contributed by atoms with Crippen molar-refractivity contribution in [3.05, 3.63) is 29.8 Å². The zero-order valence-corrected chi connectivity index (χ0v) is 14.2. The van der Waals surface area contributed by atoms with Gasteiger partial charge in [-0.2, -0.15) is 5.26 Å². The number of rotatable bonds is 6. The second-order valence-corrected chi connectivity index (χ2v) is 6.43. The van der Waals surface area contributed by atoms with E-state index in [1.165, 1.54) is 5.56 Å². The van der Waals surface area contributed by atoms with Gasteiger partial charge >= 0.3 is 0 Å². The van der Waals surface area contributed by atoms with Crippen LogP contribution in [0.15, 0.2) is 24.3 Å². The van der Waals surface area contributed by atoms with E-state index >= 15 is 0 Å². The Bertz CT molecular complexity index is 564. The first-order valence-electron chi connectivity index (χ1n) is 8.64. The number of nitrogens with one attached hydrogen (secondary N) is 1. The van der Waals surface area contributed by atoms with E-state index in [0.717, 1.165) is 44.6 Å².